The fourth-order valence-electron chi connectivity index (χ4n) is 3.21. The molecule has 0 aliphatic carbocycles. The first-order chi connectivity index (χ1) is 12.0. The quantitative estimate of drug-likeness (QED) is 0.906. The Bertz CT molecular complexity index is 821. The molecular weight excluding hydrogens is 325 g/mol. The van der Waals surface area contributed by atoms with Gasteiger partial charge in [0.25, 0.3) is 0 Å². The molecule has 5 nitrogen and oxygen atoms in total. The molecule has 25 heavy (non-hydrogen) atoms. The fraction of sp³-hybridized carbons (Fsp3) is 0.263. The number of carbonyl (C=O) groups is 2. The van der Waals surface area contributed by atoms with E-state index in [1.165, 1.54) is 19.2 Å². The van der Waals surface area contributed by atoms with E-state index in [-0.39, 0.29) is 30.4 Å². The van der Waals surface area contributed by atoms with Crippen LogP contribution in [0.5, 0.6) is 5.75 Å². The Hall–Kier alpha value is -2.89. The predicted octanol–water partition coefficient (Wildman–Crippen LogP) is 2.98. The van der Waals surface area contributed by atoms with Gasteiger partial charge >= 0.3 is 5.97 Å². The lowest BCUT2D eigenvalue weighted by atomic mass is 9.98. The van der Waals surface area contributed by atoms with Crippen LogP contribution in [0.15, 0.2) is 42.5 Å². The number of nitrogens with zero attached hydrogens (tertiary/aromatic N) is 1. The van der Waals surface area contributed by atoms with Gasteiger partial charge in [-0.05, 0) is 29.3 Å². The molecule has 130 valence electrons. The van der Waals surface area contributed by atoms with E-state index in [0.29, 0.717) is 12.1 Å². The third kappa shape index (κ3) is 3.47. The molecule has 6 heteroatoms. The molecule has 1 N–H and O–H groups in total. The minimum atomic E-state index is -0.897. The van der Waals surface area contributed by atoms with Crippen molar-refractivity contribution in [3.8, 4) is 5.75 Å². The van der Waals surface area contributed by atoms with Crippen molar-refractivity contribution < 1.29 is 23.8 Å². The molecule has 0 aromatic heterocycles. The van der Waals surface area contributed by atoms with Gasteiger partial charge in [-0.3, -0.25) is 9.59 Å². The molecule has 1 unspecified atom stereocenters. The summed E-state index contributed by atoms with van der Waals surface area (Å²) < 4.78 is 18.7. The molecule has 0 saturated heterocycles. The number of hydrogen-bond acceptors (Lipinski definition) is 3. The summed E-state index contributed by atoms with van der Waals surface area (Å²) in [4.78, 5) is 25.4. The highest BCUT2D eigenvalue weighted by Gasteiger charge is 2.33. The third-order valence-corrected chi connectivity index (χ3v) is 4.36. The number of benzene rings is 2. The molecule has 2 aromatic carbocycles. The zero-order chi connectivity index (χ0) is 18.0. The summed E-state index contributed by atoms with van der Waals surface area (Å²) in [7, 11) is 1.38. The molecule has 1 aliphatic heterocycles. The Morgan fingerprint density at radius 3 is 2.72 bits per heavy atom. The first-order valence-electron chi connectivity index (χ1n) is 7.93. The molecule has 1 amide bonds. The minimum absolute atomic E-state index is 0.0298. The maximum absolute atomic E-state index is 13.8. The van der Waals surface area contributed by atoms with E-state index in [2.05, 4.69) is 0 Å². The molecule has 0 radical (unpaired) electrons. The Morgan fingerprint density at radius 1 is 1.28 bits per heavy atom. The van der Waals surface area contributed by atoms with Gasteiger partial charge in [-0.25, -0.2) is 4.39 Å². The van der Waals surface area contributed by atoms with Gasteiger partial charge < -0.3 is 14.7 Å². The molecule has 0 bridgehead atoms. The normalized spacial score (nSPS) is 15.8. The average molecular weight is 343 g/mol. The highest BCUT2D eigenvalue weighted by molar-refractivity contribution is 5.97. The minimum Gasteiger partial charge on any atom is -0.494 e. The summed E-state index contributed by atoms with van der Waals surface area (Å²) in [6.45, 7) is 0.323. The maximum Gasteiger partial charge on any atom is 0.304 e. The SMILES string of the molecule is COc1ccc(CC(=O)N2CC(CC(=O)O)c3ccccc32)cc1F. The van der Waals surface area contributed by atoms with Gasteiger partial charge in [0.1, 0.15) is 0 Å². The summed E-state index contributed by atoms with van der Waals surface area (Å²) >= 11 is 0. The van der Waals surface area contributed by atoms with Crippen molar-refractivity contribution in [3.05, 3.63) is 59.4 Å². The lowest BCUT2D eigenvalue weighted by Gasteiger charge is -2.18. The van der Waals surface area contributed by atoms with Crippen molar-refractivity contribution in [1.29, 1.82) is 0 Å². The number of anilines is 1. The number of fused-ring (bicyclic) bond motifs is 1. The number of rotatable bonds is 5. The Balaban J connectivity index is 1.80. The van der Waals surface area contributed by atoms with Crippen LogP contribution >= 0.6 is 0 Å². The summed E-state index contributed by atoms with van der Waals surface area (Å²) in [5.41, 5.74) is 2.13. The number of carboxylic acids is 1. The van der Waals surface area contributed by atoms with Crippen LogP contribution in [0.4, 0.5) is 10.1 Å². The zero-order valence-corrected chi connectivity index (χ0v) is 13.7. The van der Waals surface area contributed by atoms with Gasteiger partial charge in [-0.15, -0.1) is 0 Å². The first-order valence-corrected chi connectivity index (χ1v) is 7.93. The summed E-state index contributed by atoms with van der Waals surface area (Å²) in [5.74, 6) is -1.70. The number of aliphatic carboxylic acids is 1. The van der Waals surface area contributed by atoms with Crippen LogP contribution in [0.3, 0.4) is 0 Å². The number of halogens is 1. The van der Waals surface area contributed by atoms with Crippen LogP contribution in [-0.4, -0.2) is 30.6 Å². The predicted molar refractivity (Wildman–Crippen MR) is 90.4 cm³/mol. The molecule has 2 aromatic rings. The van der Waals surface area contributed by atoms with E-state index >= 15 is 0 Å². The van der Waals surface area contributed by atoms with Gasteiger partial charge in [0.05, 0.1) is 20.0 Å². The monoisotopic (exact) mass is 343 g/mol. The summed E-state index contributed by atoms with van der Waals surface area (Å²) in [6.07, 6.45) is 0.00694. The number of methoxy groups -OCH3 is 1. The van der Waals surface area contributed by atoms with Gasteiger partial charge in [0.15, 0.2) is 11.6 Å². The number of amides is 1. The van der Waals surface area contributed by atoms with Crippen molar-refractivity contribution >= 4 is 17.6 Å². The summed E-state index contributed by atoms with van der Waals surface area (Å²) in [5, 5.41) is 9.08. The molecule has 1 atom stereocenters. The van der Waals surface area contributed by atoms with Crippen molar-refractivity contribution in [2.75, 3.05) is 18.6 Å². The molecular formula is C19H18FNO4. The Kier molecular flexibility index (Phi) is 4.70. The van der Waals surface area contributed by atoms with Gasteiger partial charge in [-0.1, -0.05) is 24.3 Å². The van der Waals surface area contributed by atoms with Gasteiger partial charge in [-0.2, -0.15) is 0 Å². The van der Waals surface area contributed by atoms with Crippen LogP contribution in [-0.2, 0) is 16.0 Å². The standard InChI is InChI=1S/C19H18FNO4/c1-25-17-7-6-12(8-15(17)20)9-18(22)21-11-13(10-19(23)24)14-4-2-3-5-16(14)21/h2-8,13H,9-11H2,1H3,(H,23,24). The second-order valence-corrected chi connectivity index (χ2v) is 6.00. The van der Waals surface area contributed by atoms with Crippen LogP contribution < -0.4 is 9.64 Å². The van der Waals surface area contributed by atoms with Crippen molar-refractivity contribution in [1.82, 2.24) is 0 Å². The van der Waals surface area contributed by atoms with Crippen molar-refractivity contribution in [2.45, 2.75) is 18.8 Å². The van der Waals surface area contributed by atoms with Gasteiger partial charge in [0.2, 0.25) is 5.91 Å². The van der Waals surface area contributed by atoms with Crippen LogP contribution in [0.1, 0.15) is 23.5 Å². The average Bonchev–Trinajstić information content (AvgIpc) is 2.93. The number of ether oxygens (including phenoxy) is 1. The van der Waals surface area contributed by atoms with Crippen LogP contribution in [0.25, 0.3) is 0 Å². The number of hydrogen-bond donors (Lipinski definition) is 1. The van der Waals surface area contributed by atoms with Gasteiger partial charge in [0, 0.05) is 18.2 Å². The molecule has 1 aliphatic rings. The van der Waals surface area contributed by atoms with Crippen LogP contribution in [0, 0.1) is 5.82 Å². The lowest BCUT2D eigenvalue weighted by Crippen LogP contribution is -2.31. The zero-order valence-electron chi connectivity index (χ0n) is 13.7. The van der Waals surface area contributed by atoms with Crippen molar-refractivity contribution in [3.63, 3.8) is 0 Å². The second kappa shape index (κ2) is 6.93. The van der Waals surface area contributed by atoms with E-state index in [1.807, 2.05) is 24.3 Å². The van der Waals surface area contributed by atoms with Crippen LogP contribution in [0.2, 0.25) is 0 Å². The topological polar surface area (TPSA) is 66.8 Å². The largest absolute Gasteiger partial charge is 0.494 e. The number of carbonyl (C=O) groups excluding carboxylic acids is 1. The third-order valence-electron chi connectivity index (χ3n) is 4.36. The number of para-hydroxylation sites is 1. The first kappa shape index (κ1) is 17.0. The van der Waals surface area contributed by atoms with E-state index in [1.54, 1.807) is 11.0 Å². The molecule has 3 rings (SSSR count). The smallest absolute Gasteiger partial charge is 0.304 e. The van der Waals surface area contributed by atoms with Crippen molar-refractivity contribution in [2.24, 2.45) is 0 Å². The Labute approximate surface area is 144 Å². The fourth-order valence-corrected chi connectivity index (χ4v) is 3.21. The maximum atomic E-state index is 13.8. The highest BCUT2D eigenvalue weighted by atomic mass is 19.1. The molecule has 1 heterocycles. The van der Waals surface area contributed by atoms with E-state index < -0.39 is 11.8 Å². The highest BCUT2D eigenvalue weighted by Crippen LogP contribution is 2.38. The molecule has 0 spiro atoms. The summed E-state index contributed by atoms with van der Waals surface area (Å²) in [6, 6.07) is 11.7. The second-order valence-electron chi connectivity index (χ2n) is 6.00. The molecule has 0 saturated carbocycles. The number of carboxylic acid groups (broad SMARTS) is 1. The lowest BCUT2D eigenvalue weighted by molar-refractivity contribution is -0.137. The van der Waals surface area contributed by atoms with E-state index in [4.69, 9.17) is 9.84 Å². The molecule has 0 fully saturated rings. The van der Waals surface area contributed by atoms with E-state index in [0.717, 1.165) is 11.3 Å². The Morgan fingerprint density at radius 2 is 2.04 bits per heavy atom. The van der Waals surface area contributed by atoms with E-state index in [9.17, 15) is 14.0 Å².